The van der Waals surface area contributed by atoms with Crippen molar-refractivity contribution in [2.45, 2.75) is 24.9 Å². The van der Waals surface area contributed by atoms with E-state index in [1.54, 1.807) is 23.1 Å². The summed E-state index contributed by atoms with van der Waals surface area (Å²) in [5, 5.41) is 0. The Hall–Kier alpha value is -2.69. The van der Waals surface area contributed by atoms with Crippen LogP contribution < -0.4 is 0 Å². The van der Waals surface area contributed by atoms with Gasteiger partial charge in [-0.1, -0.05) is 30.3 Å². The lowest BCUT2D eigenvalue weighted by Gasteiger charge is -2.39. The molecule has 2 heterocycles. The van der Waals surface area contributed by atoms with Gasteiger partial charge < -0.3 is 9.64 Å². The number of carbonyl (C=O) groups is 2. The molecular formula is C20H18FNO3. The molecule has 0 aliphatic carbocycles. The van der Waals surface area contributed by atoms with Gasteiger partial charge in [0.1, 0.15) is 5.82 Å². The van der Waals surface area contributed by atoms with Crippen molar-refractivity contribution < 1.29 is 18.7 Å². The molecule has 0 unspecified atom stereocenters. The van der Waals surface area contributed by atoms with Crippen LogP contribution in [0.15, 0.2) is 48.5 Å². The number of ether oxygens (including phenoxy) is 1. The first kappa shape index (κ1) is 15.8. The summed E-state index contributed by atoms with van der Waals surface area (Å²) in [4.78, 5) is 26.6. The van der Waals surface area contributed by atoms with Crippen LogP contribution in [-0.4, -0.2) is 29.9 Å². The fourth-order valence-electron chi connectivity index (χ4n) is 3.77. The van der Waals surface area contributed by atoms with Gasteiger partial charge in [-0.05, 0) is 36.6 Å². The van der Waals surface area contributed by atoms with Crippen molar-refractivity contribution in [2.24, 2.45) is 0 Å². The second kappa shape index (κ2) is 5.99. The van der Waals surface area contributed by atoms with Gasteiger partial charge in [0, 0.05) is 12.1 Å². The Morgan fingerprint density at radius 1 is 1.16 bits per heavy atom. The quantitative estimate of drug-likeness (QED) is 0.790. The van der Waals surface area contributed by atoms with E-state index in [0.29, 0.717) is 18.7 Å². The number of fused-ring (bicyclic) bond motifs is 2. The van der Waals surface area contributed by atoms with Crippen molar-refractivity contribution in [2.75, 3.05) is 13.1 Å². The molecule has 2 aliphatic heterocycles. The molecule has 0 radical (unpaired) electrons. The van der Waals surface area contributed by atoms with Gasteiger partial charge in [-0.15, -0.1) is 0 Å². The van der Waals surface area contributed by atoms with Crippen LogP contribution in [0.3, 0.4) is 0 Å². The third-order valence-corrected chi connectivity index (χ3v) is 5.00. The fourth-order valence-corrected chi connectivity index (χ4v) is 3.77. The van der Waals surface area contributed by atoms with Gasteiger partial charge in [0.2, 0.25) is 5.91 Å². The van der Waals surface area contributed by atoms with Crippen molar-refractivity contribution in [3.63, 3.8) is 0 Å². The van der Waals surface area contributed by atoms with Crippen molar-refractivity contribution in [1.29, 1.82) is 0 Å². The molecule has 1 spiro atoms. The summed E-state index contributed by atoms with van der Waals surface area (Å²) >= 11 is 0. The highest BCUT2D eigenvalue weighted by Gasteiger charge is 2.48. The molecule has 0 aromatic heterocycles. The Labute approximate surface area is 145 Å². The Morgan fingerprint density at radius 2 is 1.92 bits per heavy atom. The third-order valence-electron chi connectivity index (χ3n) is 5.00. The van der Waals surface area contributed by atoms with E-state index < -0.39 is 5.60 Å². The van der Waals surface area contributed by atoms with Crippen molar-refractivity contribution in [1.82, 2.24) is 4.90 Å². The molecular weight excluding hydrogens is 321 g/mol. The largest absolute Gasteiger partial charge is 0.449 e. The molecule has 4 nitrogen and oxygen atoms in total. The number of hydrogen-bond acceptors (Lipinski definition) is 3. The second-order valence-electron chi connectivity index (χ2n) is 6.65. The molecule has 1 atom stereocenters. The number of hydrogen-bond donors (Lipinski definition) is 0. The van der Waals surface area contributed by atoms with E-state index in [4.69, 9.17) is 4.74 Å². The highest BCUT2D eigenvalue weighted by atomic mass is 19.1. The number of amides is 1. The highest BCUT2D eigenvalue weighted by Crippen LogP contribution is 2.42. The van der Waals surface area contributed by atoms with Crippen LogP contribution in [0.1, 0.15) is 34.3 Å². The minimum Gasteiger partial charge on any atom is -0.449 e. The van der Waals surface area contributed by atoms with Gasteiger partial charge in [-0.25, -0.2) is 9.18 Å². The maximum absolute atomic E-state index is 13.0. The van der Waals surface area contributed by atoms with Gasteiger partial charge in [0.25, 0.3) is 0 Å². The number of halogens is 1. The molecule has 0 bridgehead atoms. The zero-order chi connectivity index (χ0) is 17.4. The second-order valence-corrected chi connectivity index (χ2v) is 6.65. The standard InChI is InChI=1S/C20H18FNO3/c21-15-8-6-14(7-9-15)12-18(23)22-11-3-10-20(13-22)17-5-2-1-4-16(17)19(24)25-20/h1-2,4-9H,3,10-13H2/t20-/m0/s1. The van der Waals surface area contributed by atoms with Crippen molar-refractivity contribution >= 4 is 11.9 Å². The number of likely N-dealkylation sites (tertiary alicyclic amines) is 1. The molecule has 128 valence electrons. The first-order valence-electron chi connectivity index (χ1n) is 8.42. The summed E-state index contributed by atoms with van der Waals surface area (Å²) in [6.45, 7) is 1.01. The number of nitrogens with zero attached hydrogens (tertiary/aromatic N) is 1. The Morgan fingerprint density at radius 3 is 2.72 bits per heavy atom. The number of carbonyl (C=O) groups excluding carboxylic acids is 2. The van der Waals surface area contributed by atoms with Crippen LogP contribution in [0.25, 0.3) is 0 Å². The minimum atomic E-state index is -0.732. The maximum atomic E-state index is 13.0. The Bertz CT molecular complexity index is 833. The first-order chi connectivity index (χ1) is 12.1. The zero-order valence-electron chi connectivity index (χ0n) is 13.7. The van der Waals surface area contributed by atoms with Crippen LogP contribution in [0.5, 0.6) is 0 Å². The lowest BCUT2D eigenvalue weighted by atomic mass is 9.85. The van der Waals surface area contributed by atoms with Crippen LogP contribution in [-0.2, 0) is 21.6 Å². The summed E-state index contributed by atoms with van der Waals surface area (Å²) in [6.07, 6.45) is 1.71. The van der Waals surface area contributed by atoms with Gasteiger partial charge in [-0.3, -0.25) is 4.79 Å². The fraction of sp³-hybridized carbons (Fsp3) is 0.300. The molecule has 2 aromatic carbocycles. The van der Waals surface area contributed by atoms with Crippen LogP contribution in [0, 0.1) is 5.82 Å². The lowest BCUT2D eigenvalue weighted by Crippen LogP contribution is -2.49. The zero-order valence-corrected chi connectivity index (χ0v) is 13.7. The summed E-state index contributed by atoms with van der Waals surface area (Å²) in [6, 6.07) is 13.3. The summed E-state index contributed by atoms with van der Waals surface area (Å²) in [5.74, 6) is -0.669. The molecule has 1 amide bonds. The average Bonchev–Trinajstić information content (AvgIpc) is 2.89. The topological polar surface area (TPSA) is 46.6 Å². The third kappa shape index (κ3) is 2.80. The molecule has 4 rings (SSSR count). The van der Waals surface area contributed by atoms with E-state index >= 15 is 0 Å². The molecule has 2 aromatic rings. The molecule has 5 heteroatoms. The molecule has 25 heavy (non-hydrogen) atoms. The van der Waals surface area contributed by atoms with Gasteiger partial charge in [-0.2, -0.15) is 0 Å². The van der Waals surface area contributed by atoms with E-state index in [9.17, 15) is 14.0 Å². The van der Waals surface area contributed by atoms with Crippen LogP contribution >= 0.6 is 0 Å². The van der Waals surface area contributed by atoms with E-state index in [1.807, 2.05) is 18.2 Å². The number of piperidine rings is 1. The molecule has 2 aliphatic rings. The minimum absolute atomic E-state index is 0.0360. The van der Waals surface area contributed by atoms with Gasteiger partial charge >= 0.3 is 5.97 Å². The first-order valence-corrected chi connectivity index (χ1v) is 8.42. The predicted octanol–water partition coefficient (Wildman–Crippen LogP) is 3.06. The Balaban J connectivity index is 1.54. The van der Waals surface area contributed by atoms with E-state index in [-0.39, 0.29) is 24.1 Å². The normalized spacial score (nSPS) is 22.0. The van der Waals surface area contributed by atoms with Gasteiger partial charge in [0.05, 0.1) is 18.5 Å². The molecule has 0 N–H and O–H groups in total. The highest BCUT2D eigenvalue weighted by molar-refractivity contribution is 5.95. The molecule has 0 saturated carbocycles. The van der Waals surface area contributed by atoms with E-state index in [1.165, 1.54) is 12.1 Å². The van der Waals surface area contributed by atoms with E-state index in [0.717, 1.165) is 24.0 Å². The van der Waals surface area contributed by atoms with Crippen LogP contribution in [0.4, 0.5) is 4.39 Å². The smallest absolute Gasteiger partial charge is 0.339 e. The average molecular weight is 339 g/mol. The van der Waals surface area contributed by atoms with Crippen LogP contribution in [0.2, 0.25) is 0 Å². The summed E-state index contributed by atoms with van der Waals surface area (Å²) in [5.41, 5.74) is 1.51. The summed E-state index contributed by atoms with van der Waals surface area (Å²) < 4.78 is 18.7. The SMILES string of the molecule is O=C1O[C@]2(CCCN(C(=O)Cc3ccc(F)cc3)C2)c2ccccc21. The Kier molecular flexibility index (Phi) is 3.79. The monoisotopic (exact) mass is 339 g/mol. The number of esters is 1. The maximum Gasteiger partial charge on any atom is 0.339 e. The lowest BCUT2D eigenvalue weighted by molar-refractivity contribution is -0.138. The number of rotatable bonds is 2. The van der Waals surface area contributed by atoms with Gasteiger partial charge in [0.15, 0.2) is 5.60 Å². The van der Waals surface area contributed by atoms with Crippen molar-refractivity contribution in [3.05, 3.63) is 71.0 Å². The summed E-state index contributed by atoms with van der Waals surface area (Å²) in [7, 11) is 0. The molecule has 1 fully saturated rings. The predicted molar refractivity (Wildman–Crippen MR) is 89.5 cm³/mol. The number of benzene rings is 2. The van der Waals surface area contributed by atoms with Crippen molar-refractivity contribution in [3.8, 4) is 0 Å². The van der Waals surface area contributed by atoms with E-state index in [2.05, 4.69) is 0 Å². The molecule has 1 saturated heterocycles.